The summed E-state index contributed by atoms with van der Waals surface area (Å²) in [4.78, 5) is 1.75. The number of likely N-dealkylation sites (tertiary alicyclic amines) is 1. The normalized spacial score (nSPS) is 18.3. The Balaban J connectivity index is 1.94. The van der Waals surface area contributed by atoms with Crippen molar-refractivity contribution in [3.05, 3.63) is 35.9 Å². The Morgan fingerprint density at radius 1 is 1.00 bits per heavy atom. The summed E-state index contributed by atoms with van der Waals surface area (Å²) in [5, 5.41) is 0. The van der Waals surface area contributed by atoms with Crippen molar-refractivity contribution in [3.63, 3.8) is 0 Å². The van der Waals surface area contributed by atoms with E-state index in [9.17, 15) is 0 Å². The van der Waals surface area contributed by atoms with Crippen LogP contribution < -0.4 is 4.90 Å². The molecule has 0 atom stereocenters. The van der Waals surface area contributed by atoms with E-state index in [1.165, 1.54) is 38.0 Å². The molecule has 1 aliphatic rings. The van der Waals surface area contributed by atoms with Crippen molar-refractivity contribution in [2.75, 3.05) is 13.1 Å². The van der Waals surface area contributed by atoms with Crippen LogP contribution >= 0.6 is 0 Å². The van der Waals surface area contributed by atoms with Crippen molar-refractivity contribution in [1.29, 1.82) is 0 Å². The van der Waals surface area contributed by atoms with Crippen LogP contribution in [0.2, 0.25) is 0 Å². The highest BCUT2D eigenvalue weighted by Gasteiger charge is 2.14. The van der Waals surface area contributed by atoms with Gasteiger partial charge in [0.25, 0.3) is 0 Å². The van der Waals surface area contributed by atoms with Gasteiger partial charge >= 0.3 is 0 Å². The molecular formula is C11H16N+. The zero-order chi connectivity index (χ0) is 8.23. The first-order valence-electron chi connectivity index (χ1n) is 4.82. The first-order valence-corrected chi connectivity index (χ1v) is 4.82. The molecule has 64 valence electrons. The fourth-order valence-corrected chi connectivity index (χ4v) is 1.94. The fourth-order valence-electron chi connectivity index (χ4n) is 1.94. The van der Waals surface area contributed by atoms with E-state index in [4.69, 9.17) is 0 Å². The maximum Gasteiger partial charge on any atom is 0.103 e. The van der Waals surface area contributed by atoms with Crippen molar-refractivity contribution < 1.29 is 4.90 Å². The zero-order valence-corrected chi connectivity index (χ0v) is 7.42. The van der Waals surface area contributed by atoms with Crippen molar-refractivity contribution in [2.45, 2.75) is 19.4 Å². The third-order valence-corrected chi connectivity index (χ3v) is 2.61. The molecule has 0 aliphatic carbocycles. The molecule has 0 spiro atoms. The third-order valence-electron chi connectivity index (χ3n) is 2.61. The van der Waals surface area contributed by atoms with E-state index in [0.29, 0.717) is 0 Å². The van der Waals surface area contributed by atoms with E-state index in [2.05, 4.69) is 30.3 Å². The number of hydrogen-bond donors (Lipinski definition) is 1. The van der Waals surface area contributed by atoms with E-state index in [-0.39, 0.29) is 0 Å². The summed E-state index contributed by atoms with van der Waals surface area (Å²) in [6.07, 6.45) is 2.84. The van der Waals surface area contributed by atoms with Crippen LogP contribution in [0.25, 0.3) is 0 Å². The van der Waals surface area contributed by atoms with Gasteiger partial charge in [0, 0.05) is 18.4 Å². The van der Waals surface area contributed by atoms with Gasteiger partial charge in [0.15, 0.2) is 0 Å². The third kappa shape index (κ3) is 1.86. The SMILES string of the molecule is c1ccc(C[NH+]2CCCC2)cc1. The Morgan fingerprint density at radius 2 is 1.67 bits per heavy atom. The molecule has 1 fully saturated rings. The quantitative estimate of drug-likeness (QED) is 0.658. The highest BCUT2D eigenvalue weighted by molar-refractivity contribution is 5.13. The van der Waals surface area contributed by atoms with Crippen LogP contribution in [-0.2, 0) is 6.54 Å². The molecule has 1 heteroatoms. The van der Waals surface area contributed by atoms with Gasteiger partial charge in [-0.2, -0.15) is 0 Å². The summed E-state index contributed by atoms with van der Waals surface area (Å²) < 4.78 is 0. The molecule has 1 heterocycles. The van der Waals surface area contributed by atoms with E-state index in [0.717, 1.165) is 0 Å². The molecule has 1 aromatic carbocycles. The first-order chi connectivity index (χ1) is 5.95. The molecule has 12 heavy (non-hydrogen) atoms. The molecule has 0 bridgehead atoms. The summed E-state index contributed by atoms with van der Waals surface area (Å²) in [7, 11) is 0. The van der Waals surface area contributed by atoms with Crippen molar-refractivity contribution in [3.8, 4) is 0 Å². The van der Waals surface area contributed by atoms with E-state index >= 15 is 0 Å². The molecule has 0 unspecified atom stereocenters. The van der Waals surface area contributed by atoms with Gasteiger partial charge in [-0.05, 0) is 0 Å². The Bertz CT molecular complexity index is 224. The molecule has 1 N–H and O–H groups in total. The van der Waals surface area contributed by atoms with Gasteiger partial charge in [-0.25, -0.2) is 0 Å². The van der Waals surface area contributed by atoms with Gasteiger partial charge < -0.3 is 4.90 Å². The Morgan fingerprint density at radius 3 is 2.33 bits per heavy atom. The Labute approximate surface area is 74.0 Å². The molecule has 2 rings (SSSR count). The van der Waals surface area contributed by atoms with E-state index in [1.54, 1.807) is 4.90 Å². The number of nitrogens with one attached hydrogen (secondary N) is 1. The van der Waals surface area contributed by atoms with Crippen molar-refractivity contribution >= 4 is 0 Å². The highest BCUT2D eigenvalue weighted by atomic mass is 15.1. The summed E-state index contributed by atoms with van der Waals surface area (Å²) in [6, 6.07) is 10.8. The predicted molar refractivity (Wildman–Crippen MR) is 50.1 cm³/mol. The predicted octanol–water partition coefficient (Wildman–Crippen LogP) is 0.865. The molecule has 1 aliphatic heterocycles. The van der Waals surface area contributed by atoms with Crippen LogP contribution in [0.5, 0.6) is 0 Å². The van der Waals surface area contributed by atoms with E-state index < -0.39 is 0 Å². The molecular weight excluding hydrogens is 146 g/mol. The first kappa shape index (κ1) is 7.81. The second-order valence-electron chi connectivity index (χ2n) is 3.62. The minimum absolute atomic E-state index is 1.22. The summed E-state index contributed by atoms with van der Waals surface area (Å²) in [5.74, 6) is 0. The number of quaternary nitrogens is 1. The summed E-state index contributed by atoms with van der Waals surface area (Å²) >= 11 is 0. The molecule has 0 saturated carbocycles. The maximum atomic E-state index is 2.23. The van der Waals surface area contributed by atoms with Gasteiger partial charge in [-0.15, -0.1) is 0 Å². The van der Waals surface area contributed by atoms with Crippen LogP contribution in [0, 0.1) is 0 Å². The molecule has 0 radical (unpaired) electrons. The highest BCUT2D eigenvalue weighted by Crippen LogP contribution is 1.97. The topological polar surface area (TPSA) is 4.44 Å². The number of rotatable bonds is 2. The lowest BCUT2D eigenvalue weighted by molar-refractivity contribution is -0.901. The smallest absolute Gasteiger partial charge is 0.103 e. The molecule has 1 aromatic rings. The second-order valence-corrected chi connectivity index (χ2v) is 3.62. The Hall–Kier alpha value is -0.820. The van der Waals surface area contributed by atoms with Gasteiger partial charge in [0.05, 0.1) is 13.1 Å². The van der Waals surface area contributed by atoms with Gasteiger partial charge in [0.1, 0.15) is 6.54 Å². The van der Waals surface area contributed by atoms with Crippen LogP contribution in [0.4, 0.5) is 0 Å². The molecule has 0 aromatic heterocycles. The number of hydrogen-bond acceptors (Lipinski definition) is 0. The van der Waals surface area contributed by atoms with Crippen molar-refractivity contribution in [2.24, 2.45) is 0 Å². The average molecular weight is 162 g/mol. The monoisotopic (exact) mass is 162 g/mol. The zero-order valence-electron chi connectivity index (χ0n) is 7.42. The minimum Gasteiger partial charge on any atom is -0.331 e. The van der Waals surface area contributed by atoms with Crippen molar-refractivity contribution in [1.82, 2.24) is 0 Å². The largest absolute Gasteiger partial charge is 0.331 e. The molecule has 0 amide bonds. The van der Waals surface area contributed by atoms with Crippen LogP contribution in [0.15, 0.2) is 30.3 Å². The second kappa shape index (κ2) is 3.72. The molecule has 1 saturated heterocycles. The van der Waals surface area contributed by atoms with Gasteiger partial charge in [-0.1, -0.05) is 30.3 Å². The molecule has 1 nitrogen and oxygen atoms in total. The van der Waals surface area contributed by atoms with Crippen LogP contribution in [0.1, 0.15) is 18.4 Å². The average Bonchev–Trinajstić information content (AvgIpc) is 2.59. The minimum atomic E-state index is 1.22. The van der Waals surface area contributed by atoms with Crippen LogP contribution in [-0.4, -0.2) is 13.1 Å². The van der Waals surface area contributed by atoms with Crippen LogP contribution in [0.3, 0.4) is 0 Å². The fraction of sp³-hybridized carbons (Fsp3) is 0.455. The van der Waals surface area contributed by atoms with Gasteiger partial charge in [-0.3, -0.25) is 0 Å². The van der Waals surface area contributed by atoms with Gasteiger partial charge in [0.2, 0.25) is 0 Å². The van der Waals surface area contributed by atoms with E-state index in [1.807, 2.05) is 0 Å². The Kier molecular flexibility index (Phi) is 2.42. The summed E-state index contributed by atoms with van der Waals surface area (Å²) in [5.41, 5.74) is 1.48. The standard InChI is InChI=1S/C11H15N/c1-2-6-11(7-3-1)10-12-8-4-5-9-12/h1-3,6-7H,4-5,8-10H2/p+1. The lowest BCUT2D eigenvalue weighted by atomic mass is 10.2. The lowest BCUT2D eigenvalue weighted by Crippen LogP contribution is -3.08. The maximum absolute atomic E-state index is 2.23. The lowest BCUT2D eigenvalue weighted by Gasteiger charge is -2.11. The summed E-state index contributed by atoms with van der Waals surface area (Å²) in [6.45, 7) is 3.96. The number of benzene rings is 1.